The highest BCUT2D eigenvalue weighted by atomic mass is 16.2. The highest BCUT2D eigenvalue weighted by Gasteiger charge is 2.26. The van der Waals surface area contributed by atoms with Crippen LogP contribution < -0.4 is 5.73 Å². The lowest BCUT2D eigenvalue weighted by Gasteiger charge is -2.35. The summed E-state index contributed by atoms with van der Waals surface area (Å²) < 4.78 is 0. The van der Waals surface area contributed by atoms with Crippen LogP contribution >= 0.6 is 0 Å². The van der Waals surface area contributed by atoms with Gasteiger partial charge in [-0.05, 0) is 24.3 Å². The lowest BCUT2D eigenvalue weighted by molar-refractivity contribution is 0.0624. The Labute approximate surface area is 102 Å². The molecule has 0 aliphatic carbocycles. The lowest BCUT2D eigenvalue weighted by atomic mass is 9.91. The Kier molecular flexibility index (Phi) is 3.31. The van der Waals surface area contributed by atoms with E-state index in [-0.39, 0.29) is 5.91 Å². The summed E-state index contributed by atoms with van der Waals surface area (Å²) in [5.41, 5.74) is 6.84. The quantitative estimate of drug-likeness (QED) is 0.804. The number of carbonyl (C=O) groups is 1. The Morgan fingerprint density at radius 1 is 1.41 bits per heavy atom. The molecule has 4 nitrogen and oxygen atoms in total. The fourth-order valence-electron chi connectivity index (χ4n) is 2.58. The van der Waals surface area contributed by atoms with Crippen molar-refractivity contribution in [3.63, 3.8) is 0 Å². The van der Waals surface area contributed by atoms with Crippen molar-refractivity contribution in [3.8, 4) is 0 Å². The third kappa shape index (κ3) is 2.57. The first kappa shape index (κ1) is 11.9. The monoisotopic (exact) mass is 233 g/mol. The molecule has 0 spiro atoms. The third-order valence-electron chi connectivity index (χ3n) is 3.24. The molecule has 2 heterocycles. The highest BCUT2D eigenvalue weighted by molar-refractivity contribution is 5.98. The normalized spacial score (nSPS) is 24.7. The van der Waals surface area contributed by atoms with Gasteiger partial charge in [0, 0.05) is 31.2 Å². The number of nitrogens with zero attached hydrogens (tertiary/aromatic N) is 2. The van der Waals surface area contributed by atoms with E-state index in [4.69, 9.17) is 5.73 Å². The first-order valence-corrected chi connectivity index (χ1v) is 6.06. The molecule has 2 N–H and O–H groups in total. The minimum atomic E-state index is 0.00833. The van der Waals surface area contributed by atoms with E-state index in [1.54, 1.807) is 18.5 Å². The molecule has 2 unspecified atom stereocenters. The van der Waals surface area contributed by atoms with Gasteiger partial charge in [0.1, 0.15) is 0 Å². The maximum absolute atomic E-state index is 12.3. The molecular weight excluding hydrogens is 214 g/mol. The number of rotatable bonds is 1. The third-order valence-corrected chi connectivity index (χ3v) is 3.24. The van der Waals surface area contributed by atoms with E-state index in [1.807, 2.05) is 4.90 Å². The van der Waals surface area contributed by atoms with Gasteiger partial charge in [-0.2, -0.15) is 0 Å². The number of hydrogen-bond donors (Lipinski definition) is 1. The molecule has 92 valence electrons. The Bertz CT molecular complexity index is 409. The van der Waals surface area contributed by atoms with Gasteiger partial charge in [0.25, 0.3) is 5.91 Å². The summed E-state index contributed by atoms with van der Waals surface area (Å²) in [6.45, 7) is 6.00. The maximum Gasteiger partial charge on any atom is 0.257 e. The molecule has 0 aromatic carbocycles. The smallest absolute Gasteiger partial charge is 0.257 e. The Balaban J connectivity index is 2.17. The van der Waals surface area contributed by atoms with Gasteiger partial charge in [-0.25, -0.2) is 0 Å². The molecule has 2 rings (SSSR count). The molecule has 1 aliphatic rings. The molecule has 1 fully saturated rings. The molecule has 1 aromatic rings. The standard InChI is InChI=1S/C13H19N3O/c1-9-5-10(2)8-16(7-9)13(17)11-6-15-4-3-12(11)14/h3-4,6,9-10H,5,7-8H2,1-2H3,(H2,14,15). The van der Waals surface area contributed by atoms with Crippen LogP contribution in [0, 0.1) is 11.8 Å². The van der Waals surface area contributed by atoms with Crippen molar-refractivity contribution in [2.24, 2.45) is 11.8 Å². The number of anilines is 1. The molecule has 2 atom stereocenters. The van der Waals surface area contributed by atoms with Gasteiger partial charge in [-0.15, -0.1) is 0 Å². The Morgan fingerprint density at radius 2 is 2.06 bits per heavy atom. The summed E-state index contributed by atoms with van der Waals surface area (Å²) in [5, 5.41) is 0. The van der Waals surface area contributed by atoms with Crippen LogP contribution in [-0.2, 0) is 0 Å². The summed E-state index contributed by atoms with van der Waals surface area (Å²) in [6.07, 6.45) is 4.35. The van der Waals surface area contributed by atoms with Crippen molar-refractivity contribution in [1.82, 2.24) is 9.88 Å². The van der Waals surface area contributed by atoms with Crippen LogP contribution in [0.4, 0.5) is 5.69 Å². The van der Waals surface area contributed by atoms with Crippen molar-refractivity contribution in [2.75, 3.05) is 18.8 Å². The molecule has 1 amide bonds. The number of nitrogens with two attached hydrogens (primary N) is 1. The fraction of sp³-hybridized carbons (Fsp3) is 0.538. The summed E-state index contributed by atoms with van der Waals surface area (Å²) in [7, 11) is 0. The average Bonchev–Trinajstić information content (AvgIpc) is 2.27. The van der Waals surface area contributed by atoms with E-state index in [0.29, 0.717) is 23.1 Å². The lowest BCUT2D eigenvalue weighted by Crippen LogP contribution is -2.42. The predicted octanol–water partition coefficient (Wildman–Crippen LogP) is 1.78. The number of carbonyl (C=O) groups excluding carboxylic acids is 1. The van der Waals surface area contributed by atoms with Gasteiger partial charge in [0.15, 0.2) is 0 Å². The zero-order chi connectivity index (χ0) is 12.4. The summed E-state index contributed by atoms with van der Waals surface area (Å²) in [4.78, 5) is 18.2. The zero-order valence-electron chi connectivity index (χ0n) is 10.4. The Morgan fingerprint density at radius 3 is 2.65 bits per heavy atom. The minimum Gasteiger partial charge on any atom is -0.398 e. The predicted molar refractivity (Wildman–Crippen MR) is 67.5 cm³/mol. The van der Waals surface area contributed by atoms with E-state index in [2.05, 4.69) is 18.8 Å². The number of hydrogen-bond acceptors (Lipinski definition) is 3. The van der Waals surface area contributed by atoms with Crippen molar-refractivity contribution in [1.29, 1.82) is 0 Å². The number of amides is 1. The van der Waals surface area contributed by atoms with Crippen LogP contribution in [0.3, 0.4) is 0 Å². The van der Waals surface area contributed by atoms with Gasteiger partial charge in [0.2, 0.25) is 0 Å². The van der Waals surface area contributed by atoms with Crippen LogP contribution in [0.5, 0.6) is 0 Å². The molecule has 1 aliphatic heterocycles. The Hall–Kier alpha value is -1.58. The first-order chi connectivity index (χ1) is 8.08. The molecular formula is C13H19N3O. The molecule has 0 radical (unpaired) electrons. The van der Waals surface area contributed by atoms with Gasteiger partial charge < -0.3 is 10.6 Å². The first-order valence-electron chi connectivity index (χ1n) is 6.06. The maximum atomic E-state index is 12.3. The van der Waals surface area contributed by atoms with E-state index in [0.717, 1.165) is 13.1 Å². The van der Waals surface area contributed by atoms with Crippen LogP contribution in [0.15, 0.2) is 18.5 Å². The largest absolute Gasteiger partial charge is 0.398 e. The van der Waals surface area contributed by atoms with Crippen LogP contribution in [-0.4, -0.2) is 28.9 Å². The van der Waals surface area contributed by atoms with Crippen molar-refractivity contribution < 1.29 is 4.79 Å². The fourth-order valence-corrected chi connectivity index (χ4v) is 2.58. The number of aromatic nitrogens is 1. The SMILES string of the molecule is CC1CC(C)CN(C(=O)c2cnccc2N)C1. The van der Waals surface area contributed by atoms with E-state index < -0.39 is 0 Å². The average molecular weight is 233 g/mol. The van der Waals surface area contributed by atoms with Gasteiger partial charge in [-0.1, -0.05) is 13.8 Å². The van der Waals surface area contributed by atoms with Crippen LogP contribution in [0.25, 0.3) is 0 Å². The van der Waals surface area contributed by atoms with Crippen molar-refractivity contribution in [3.05, 3.63) is 24.0 Å². The summed E-state index contributed by atoms with van der Waals surface area (Å²) in [5.74, 6) is 1.12. The van der Waals surface area contributed by atoms with Gasteiger partial charge in [0.05, 0.1) is 5.56 Å². The molecule has 0 bridgehead atoms. The molecule has 0 saturated carbocycles. The molecule has 1 aromatic heterocycles. The minimum absolute atomic E-state index is 0.00833. The second-order valence-corrected chi connectivity index (χ2v) is 5.12. The number of likely N-dealkylation sites (tertiary alicyclic amines) is 1. The van der Waals surface area contributed by atoms with Crippen molar-refractivity contribution in [2.45, 2.75) is 20.3 Å². The van der Waals surface area contributed by atoms with Gasteiger partial charge >= 0.3 is 0 Å². The van der Waals surface area contributed by atoms with E-state index >= 15 is 0 Å². The second-order valence-electron chi connectivity index (χ2n) is 5.12. The zero-order valence-corrected chi connectivity index (χ0v) is 10.4. The second kappa shape index (κ2) is 4.73. The highest BCUT2D eigenvalue weighted by Crippen LogP contribution is 2.23. The molecule has 1 saturated heterocycles. The summed E-state index contributed by atoms with van der Waals surface area (Å²) in [6, 6.07) is 1.67. The van der Waals surface area contributed by atoms with Crippen LogP contribution in [0.2, 0.25) is 0 Å². The number of nitrogen functional groups attached to an aromatic ring is 1. The van der Waals surface area contributed by atoms with E-state index in [9.17, 15) is 4.79 Å². The molecule has 17 heavy (non-hydrogen) atoms. The topological polar surface area (TPSA) is 59.2 Å². The molecule has 4 heteroatoms. The number of pyridine rings is 1. The van der Waals surface area contributed by atoms with Crippen molar-refractivity contribution >= 4 is 11.6 Å². The van der Waals surface area contributed by atoms with Crippen LogP contribution in [0.1, 0.15) is 30.6 Å². The summed E-state index contributed by atoms with van der Waals surface area (Å²) >= 11 is 0. The number of piperidine rings is 1. The van der Waals surface area contributed by atoms with Gasteiger partial charge in [-0.3, -0.25) is 9.78 Å². The van der Waals surface area contributed by atoms with E-state index in [1.165, 1.54) is 6.42 Å².